The number of amides is 2. The zero-order valence-corrected chi connectivity index (χ0v) is 17.2. The van der Waals surface area contributed by atoms with Crippen molar-refractivity contribution in [2.24, 2.45) is 5.10 Å². The van der Waals surface area contributed by atoms with Gasteiger partial charge in [-0.25, -0.2) is 10.2 Å². The van der Waals surface area contributed by atoms with Crippen LogP contribution in [0.5, 0.6) is 0 Å². The molecule has 2 amide bonds. The number of halogens is 1. The molecule has 2 N–H and O–H groups in total. The first-order valence-electron chi connectivity index (χ1n) is 8.20. The molecule has 0 spiro atoms. The highest BCUT2D eigenvalue weighted by atomic mass is 79.9. The van der Waals surface area contributed by atoms with Crippen molar-refractivity contribution in [3.63, 3.8) is 0 Å². The number of rotatable bonds is 5. The van der Waals surface area contributed by atoms with Gasteiger partial charge >= 0.3 is 6.03 Å². The molecule has 27 heavy (non-hydrogen) atoms. The molecular formula is C20H18BrN3O2S. The molecule has 0 aliphatic heterocycles. The molecule has 3 rings (SSSR count). The van der Waals surface area contributed by atoms with Gasteiger partial charge in [0.05, 0.1) is 10.7 Å². The van der Waals surface area contributed by atoms with E-state index >= 15 is 0 Å². The van der Waals surface area contributed by atoms with Gasteiger partial charge in [-0.05, 0) is 54.0 Å². The number of furan rings is 1. The van der Waals surface area contributed by atoms with Crippen molar-refractivity contribution in [3.05, 3.63) is 76.0 Å². The Hall–Kier alpha value is -2.51. The van der Waals surface area contributed by atoms with E-state index in [1.807, 2.05) is 50.2 Å². The summed E-state index contributed by atoms with van der Waals surface area (Å²) in [6, 6.07) is 17.1. The summed E-state index contributed by atoms with van der Waals surface area (Å²) >= 11 is 5.00. The SMILES string of the molecule is Cc1ccc(NC(=O)N/N=C/c2cc(Br)c(Sc3ccc(C)cc3)o2)cc1. The quantitative estimate of drug-likeness (QED) is 0.377. The Morgan fingerprint density at radius 1 is 1.07 bits per heavy atom. The topological polar surface area (TPSA) is 66.6 Å². The van der Waals surface area contributed by atoms with Gasteiger partial charge in [0.25, 0.3) is 0 Å². The van der Waals surface area contributed by atoms with Crippen molar-refractivity contribution in [1.82, 2.24) is 5.43 Å². The van der Waals surface area contributed by atoms with Crippen LogP contribution in [-0.2, 0) is 0 Å². The predicted molar refractivity (Wildman–Crippen MR) is 113 cm³/mol. The average molecular weight is 444 g/mol. The lowest BCUT2D eigenvalue weighted by atomic mass is 10.2. The lowest BCUT2D eigenvalue weighted by molar-refractivity contribution is 0.252. The monoisotopic (exact) mass is 443 g/mol. The smallest absolute Gasteiger partial charge is 0.339 e. The van der Waals surface area contributed by atoms with Gasteiger partial charge in [-0.2, -0.15) is 5.10 Å². The Morgan fingerprint density at radius 3 is 2.37 bits per heavy atom. The molecule has 0 radical (unpaired) electrons. The first-order chi connectivity index (χ1) is 13.0. The molecule has 0 unspecified atom stereocenters. The van der Waals surface area contributed by atoms with Gasteiger partial charge in [0, 0.05) is 16.6 Å². The lowest BCUT2D eigenvalue weighted by Gasteiger charge is -2.03. The normalized spacial score (nSPS) is 10.9. The Labute approximate surface area is 170 Å². The largest absolute Gasteiger partial charge is 0.447 e. The van der Waals surface area contributed by atoms with Crippen molar-refractivity contribution in [2.75, 3.05) is 5.32 Å². The molecule has 138 valence electrons. The van der Waals surface area contributed by atoms with Crippen molar-refractivity contribution < 1.29 is 9.21 Å². The number of aryl methyl sites for hydroxylation is 2. The number of nitrogens with one attached hydrogen (secondary N) is 2. The maximum absolute atomic E-state index is 11.8. The predicted octanol–water partition coefficient (Wildman–Crippen LogP) is 5.97. The fourth-order valence-electron chi connectivity index (χ4n) is 2.17. The fraction of sp³-hybridized carbons (Fsp3) is 0.100. The number of carbonyl (C=O) groups is 1. The van der Waals surface area contributed by atoms with Crippen molar-refractivity contribution in [2.45, 2.75) is 23.8 Å². The number of benzene rings is 2. The van der Waals surface area contributed by atoms with E-state index in [9.17, 15) is 4.79 Å². The molecule has 2 aromatic carbocycles. The van der Waals surface area contributed by atoms with Gasteiger partial charge in [0.1, 0.15) is 5.76 Å². The molecule has 0 fully saturated rings. The third-order valence-electron chi connectivity index (χ3n) is 3.57. The summed E-state index contributed by atoms with van der Waals surface area (Å²) in [4.78, 5) is 12.9. The molecule has 0 saturated carbocycles. The zero-order valence-electron chi connectivity index (χ0n) is 14.8. The number of anilines is 1. The van der Waals surface area contributed by atoms with E-state index in [1.54, 1.807) is 6.07 Å². The van der Waals surface area contributed by atoms with Gasteiger partial charge in [0.15, 0.2) is 5.09 Å². The van der Waals surface area contributed by atoms with Crippen LogP contribution in [0.2, 0.25) is 0 Å². The summed E-state index contributed by atoms with van der Waals surface area (Å²) in [5.41, 5.74) is 5.45. The highest BCUT2D eigenvalue weighted by Gasteiger charge is 2.10. The summed E-state index contributed by atoms with van der Waals surface area (Å²) in [7, 11) is 0. The minimum Gasteiger partial charge on any atom is -0.447 e. The number of carbonyl (C=O) groups excluding carboxylic acids is 1. The van der Waals surface area contributed by atoms with E-state index in [1.165, 1.54) is 23.5 Å². The number of hydrogen-bond donors (Lipinski definition) is 2. The number of urea groups is 1. The highest BCUT2D eigenvalue weighted by molar-refractivity contribution is 9.10. The molecule has 3 aromatic rings. The number of hydrazone groups is 1. The molecular weight excluding hydrogens is 426 g/mol. The van der Waals surface area contributed by atoms with E-state index in [0.717, 1.165) is 20.0 Å². The Morgan fingerprint density at radius 2 is 1.70 bits per heavy atom. The molecule has 0 atom stereocenters. The lowest BCUT2D eigenvalue weighted by Crippen LogP contribution is -2.24. The second-order valence-corrected chi connectivity index (χ2v) is 7.79. The van der Waals surface area contributed by atoms with Gasteiger partial charge in [-0.3, -0.25) is 0 Å². The Bertz CT molecular complexity index is 950. The van der Waals surface area contributed by atoms with Crippen LogP contribution in [0.3, 0.4) is 0 Å². The van der Waals surface area contributed by atoms with Crippen LogP contribution < -0.4 is 10.7 Å². The molecule has 0 aliphatic carbocycles. The Kier molecular flexibility index (Phi) is 6.36. The van der Waals surface area contributed by atoms with Crippen LogP contribution in [0.1, 0.15) is 16.9 Å². The van der Waals surface area contributed by atoms with E-state index in [4.69, 9.17) is 4.42 Å². The Balaban J connectivity index is 1.56. The molecule has 1 heterocycles. The molecule has 0 bridgehead atoms. The van der Waals surface area contributed by atoms with Crippen molar-refractivity contribution in [1.29, 1.82) is 0 Å². The second-order valence-electron chi connectivity index (χ2n) is 5.89. The van der Waals surface area contributed by atoms with E-state index in [2.05, 4.69) is 43.9 Å². The van der Waals surface area contributed by atoms with Crippen LogP contribution in [0.4, 0.5) is 10.5 Å². The highest BCUT2D eigenvalue weighted by Crippen LogP contribution is 2.35. The fourth-order valence-corrected chi connectivity index (χ4v) is 3.50. The second kappa shape index (κ2) is 8.92. The summed E-state index contributed by atoms with van der Waals surface area (Å²) in [5, 5.41) is 7.35. The standard InChI is InChI=1S/C20H18BrN3O2S/c1-13-3-7-15(8-4-13)23-20(25)24-22-12-16-11-18(21)19(26-16)27-17-9-5-14(2)6-10-17/h3-12H,1-2H3,(H2,23,24,25)/b22-12+. The first kappa shape index (κ1) is 19.3. The molecule has 1 aromatic heterocycles. The van der Waals surface area contributed by atoms with Gasteiger partial charge in [-0.1, -0.05) is 47.2 Å². The molecule has 0 aliphatic rings. The first-order valence-corrected chi connectivity index (χ1v) is 9.81. The molecule has 5 nitrogen and oxygen atoms in total. The van der Waals surface area contributed by atoms with Crippen LogP contribution in [0.15, 0.2) is 78.6 Å². The van der Waals surface area contributed by atoms with E-state index < -0.39 is 6.03 Å². The summed E-state index contributed by atoms with van der Waals surface area (Å²) in [5.74, 6) is 0.534. The maximum atomic E-state index is 11.8. The summed E-state index contributed by atoms with van der Waals surface area (Å²) in [6.07, 6.45) is 1.46. The van der Waals surface area contributed by atoms with Crippen LogP contribution in [-0.4, -0.2) is 12.2 Å². The third kappa shape index (κ3) is 5.74. The van der Waals surface area contributed by atoms with E-state index in [-0.39, 0.29) is 0 Å². The minimum atomic E-state index is -0.421. The number of hydrogen-bond acceptors (Lipinski definition) is 4. The summed E-state index contributed by atoms with van der Waals surface area (Å²) in [6.45, 7) is 4.04. The molecule has 0 saturated heterocycles. The van der Waals surface area contributed by atoms with Gasteiger partial charge in [-0.15, -0.1) is 0 Å². The van der Waals surface area contributed by atoms with Crippen LogP contribution in [0.25, 0.3) is 0 Å². The number of nitrogens with zero attached hydrogens (tertiary/aromatic N) is 1. The average Bonchev–Trinajstić information content (AvgIpc) is 2.98. The van der Waals surface area contributed by atoms with Gasteiger partial charge in [0.2, 0.25) is 0 Å². The van der Waals surface area contributed by atoms with Crippen molar-refractivity contribution in [3.8, 4) is 0 Å². The van der Waals surface area contributed by atoms with Crippen LogP contribution >= 0.6 is 27.7 Å². The zero-order chi connectivity index (χ0) is 19.2. The molecule has 7 heteroatoms. The van der Waals surface area contributed by atoms with Crippen LogP contribution in [0, 0.1) is 13.8 Å². The van der Waals surface area contributed by atoms with Gasteiger partial charge < -0.3 is 9.73 Å². The third-order valence-corrected chi connectivity index (χ3v) is 5.42. The van der Waals surface area contributed by atoms with E-state index in [0.29, 0.717) is 11.4 Å². The summed E-state index contributed by atoms with van der Waals surface area (Å²) < 4.78 is 6.59. The van der Waals surface area contributed by atoms with Crippen molar-refractivity contribution >= 4 is 45.6 Å². The minimum absolute atomic E-state index is 0.421. The maximum Gasteiger partial charge on any atom is 0.339 e.